The van der Waals surface area contributed by atoms with Crippen molar-refractivity contribution in [2.24, 2.45) is 0 Å². The van der Waals surface area contributed by atoms with Crippen LogP contribution in [0.5, 0.6) is 0 Å². The fraction of sp³-hybridized carbons (Fsp3) is 0.381. The topological polar surface area (TPSA) is 102 Å². The number of aromatic nitrogens is 2. The van der Waals surface area contributed by atoms with Gasteiger partial charge in [0.15, 0.2) is 15.0 Å². The minimum absolute atomic E-state index is 0.00732. The molecule has 170 valence electrons. The first-order chi connectivity index (χ1) is 15.3. The van der Waals surface area contributed by atoms with Crippen molar-refractivity contribution in [3.8, 4) is 11.3 Å². The molecular formula is C21H23N3O5S3. The smallest absolute Gasteiger partial charge is 0.263 e. The van der Waals surface area contributed by atoms with E-state index in [2.05, 4.69) is 11.6 Å². The van der Waals surface area contributed by atoms with E-state index in [1.54, 1.807) is 29.4 Å². The van der Waals surface area contributed by atoms with Crippen LogP contribution in [-0.2, 0) is 21.2 Å². The molecule has 1 fully saturated rings. The van der Waals surface area contributed by atoms with Gasteiger partial charge in [0.25, 0.3) is 5.56 Å². The molecule has 0 radical (unpaired) electrons. The van der Waals surface area contributed by atoms with Crippen molar-refractivity contribution in [3.05, 3.63) is 46.8 Å². The lowest BCUT2D eigenvalue weighted by molar-refractivity contribution is -0.129. The van der Waals surface area contributed by atoms with E-state index in [1.165, 1.54) is 27.7 Å². The molecule has 3 aromatic heterocycles. The first-order valence-electron chi connectivity index (χ1n) is 10.1. The van der Waals surface area contributed by atoms with Crippen LogP contribution in [0, 0.1) is 0 Å². The number of carbonyl (C=O) groups is 1. The van der Waals surface area contributed by atoms with Gasteiger partial charge in [-0.25, -0.2) is 13.4 Å². The predicted molar refractivity (Wildman–Crippen MR) is 127 cm³/mol. The molecule has 0 saturated carbocycles. The minimum Gasteiger partial charge on any atom is -0.464 e. The second kappa shape index (κ2) is 9.24. The molecule has 4 heterocycles. The summed E-state index contributed by atoms with van der Waals surface area (Å²) < 4.78 is 30.6. The van der Waals surface area contributed by atoms with E-state index in [-0.39, 0.29) is 41.3 Å². The summed E-state index contributed by atoms with van der Waals surface area (Å²) in [5.74, 6) is 0.619. The number of nitrogens with zero attached hydrogens (tertiary/aromatic N) is 3. The van der Waals surface area contributed by atoms with Crippen LogP contribution >= 0.6 is 23.1 Å². The molecular weight excluding hydrogens is 470 g/mol. The second-order valence-electron chi connectivity index (χ2n) is 7.43. The van der Waals surface area contributed by atoms with Crippen LogP contribution in [0.25, 0.3) is 21.5 Å². The van der Waals surface area contributed by atoms with Gasteiger partial charge < -0.3 is 9.32 Å². The molecule has 1 aliphatic heterocycles. The fourth-order valence-corrected chi connectivity index (χ4v) is 7.48. The molecule has 0 aliphatic carbocycles. The summed E-state index contributed by atoms with van der Waals surface area (Å²) in [5, 5.41) is 2.75. The van der Waals surface area contributed by atoms with Crippen LogP contribution in [0.15, 0.2) is 50.8 Å². The zero-order valence-corrected chi connectivity index (χ0v) is 20.0. The number of sulfone groups is 1. The molecule has 0 spiro atoms. The van der Waals surface area contributed by atoms with Gasteiger partial charge in [-0.1, -0.05) is 17.8 Å². The number of hydrogen-bond acceptors (Lipinski definition) is 8. The largest absolute Gasteiger partial charge is 0.464 e. The highest BCUT2D eigenvalue weighted by atomic mass is 32.2. The fourth-order valence-electron chi connectivity index (χ4n) is 3.89. The highest BCUT2D eigenvalue weighted by Gasteiger charge is 2.34. The first kappa shape index (κ1) is 22.8. The Balaban J connectivity index is 1.61. The summed E-state index contributed by atoms with van der Waals surface area (Å²) in [6, 6.07) is 3.26. The monoisotopic (exact) mass is 493 g/mol. The van der Waals surface area contributed by atoms with Crippen LogP contribution in [0.1, 0.15) is 13.3 Å². The lowest BCUT2D eigenvalue weighted by Gasteiger charge is -2.26. The van der Waals surface area contributed by atoms with E-state index < -0.39 is 9.84 Å². The number of hydrogen-bond donors (Lipinski definition) is 0. The van der Waals surface area contributed by atoms with Crippen LogP contribution < -0.4 is 5.56 Å². The van der Waals surface area contributed by atoms with Crippen molar-refractivity contribution >= 4 is 49.1 Å². The molecule has 32 heavy (non-hydrogen) atoms. The number of rotatable bonds is 8. The molecule has 0 unspecified atom stereocenters. The normalized spacial score (nSPS) is 17.6. The molecule has 11 heteroatoms. The number of amides is 1. The molecule has 3 aromatic rings. The van der Waals surface area contributed by atoms with Gasteiger partial charge in [-0.3, -0.25) is 14.2 Å². The van der Waals surface area contributed by atoms with Crippen LogP contribution in [0.2, 0.25) is 0 Å². The van der Waals surface area contributed by atoms with Gasteiger partial charge in [0.1, 0.15) is 10.6 Å². The van der Waals surface area contributed by atoms with Crippen LogP contribution in [0.4, 0.5) is 0 Å². The van der Waals surface area contributed by atoms with Gasteiger partial charge in [0, 0.05) is 30.1 Å². The van der Waals surface area contributed by atoms with Crippen LogP contribution in [-0.4, -0.2) is 58.6 Å². The van der Waals surface area contributed by atoms with Crippen molar-refractivity contribution in [3.63, 3.8) is 0 Å². The average Bonchev–Trinajstić information content (AvgIpc) is 3.49. The van der Waals surface area contributed by atoms with E-state index in [4.69, 9.17) is 4.42 Å². The Bertz CT molecular complexity index is 1310. The predicted octanol–water partition coefficient (Wildman–Crippen LogP) is 3.03. The number of fused-ring (bicyclic) bond motifs is 1. The summed E-state index contributed by atoms with van der Waals surface area (Å²) in [5.41, 5.74) is 0.476. The van der Waals surface area contributed by atoms with Gasteiger partial charge in [0.2, 0.25) is 5.91 Å². The highest BCUT2D eigenvalue weighted by molar-refractivity contribution is 7.99. The Morgan fingerprint density at radius 1 is 1.50 bits per heavy atom. The Morgan fingerprint density at radius 2 is 2.31 bits per heavy atom. The van der Waals surface area contributed by atoms with Crippen LogP contribution in [0.3, 0.4) is 0 Å². The number of allylic oxidation sites excluding steroid dienone is 1. The number of thiophene rings is 1. The molecule has 0 N–H and O–H groups in total. The maximum Gasteiger partial charge on any atom is 0.263 e. The maximum absolute atomic E-state index is 13.3. The summed E-state index contributed by atoms with van der Waals surface area (Å²) >= 11 is 2.53. The molecule has 1 amide bonds. The summed E-state index contributed by atoms with van der Waals surface area (Å²) in [7, 11) is -3.09. The average molecular weight is 494 g/mol. The van der Waals surface area contributed by atoms with Crippen molar-refractivity contribution in [2.75, 3.05) is 23.8 Å². The molecule has 0 bridgehead atoms. The Labute approximate surface area is 193 Å². The molecule has 4 rings (SSSR count). The molecule has 0 aromatic carbocycles. The van der Waals surface area contributed by atoms with Gasteiger partial charge in [-0.05, 0) is 25.5 Å². The molecule has 1 saturated heterocycles. The Hall–Kier alpha value is -2.37. The zero-order valence-electron chi connectivity index (χ0n) is 17.5. The molecule has 1 atom stereocenters. The Morgan fingerprint density at radius 3 is 2.94 bits per heavy atom. The number of thioether (sulfide) groups is 1. The highest BCUT2D eigenvalue weighted by Crippen LogP contribution is 2.32. The summed E-state index contributed by atoms with van der Waals surface area (Å²) in [4.78, 5) is 33.0. The lowest BCUT2D eigenvalue weighted by Crippen LogP contribution is -2.42. The molecule has 1 aliphatic rings. The summed E-state index contributed by atoms with van der Waals surface area (Å²) in [6.07, 6.45) is 3.63. The van der Waals surface area contributed by atoms with Gasteiger partial charge in [-0.15, -0.1) is 17.9 Å². The van der Waals surface area contributed by atoms with Crippen molar-refractivity contribution < 1.29 is 17.6 Å². The zero-order chi connectivity index (χ0) is 22.9. The quantitative estimate of drug-likeness (QED) is 0.270. The molecule has 8 nitrogen and oxygen atoms in total. The van der Waals surface area contributed by atoms with Crippen molar-refractivity contribution in [1.82, 2.24) is 14.5 Å². The standard InChI is InChI=1S/C21H23N3O5S3/c1-3-8-24-20(26)18-15(16-6-5-9-29-16)11-30-19(18)22-21(24)31-12-17(25)23(4-2)14-7-10-32(27,28)13-14/h3,5-6,9,11,14H,1,4,7-8,10,12-13H2,2H3/t14-/m0/s1. The van der Waals surface area contributed by atoms with Gasteiger partial charge in [0.05, 0.1) is 28.9 Å². The first-order valence-corrected chi connectivity index (χ1v) is 13.8. The van der Waals surface area contributed by atoms with E-state index in [1.807, 2.05) is 12.3 Å². The van der Waals surface area contributed by atoms with E-state index in [0.717, 1.165) is 0 Å². The van der Waals surface area contributed by atoms with Crippen molar-refractivity contribution in [2.45, 2.75) is 31.1 Å². The van der Waals surface area contributed by atoms with Gasteiger partial charge in [-0.2, -0.15) is 0 Å². The Kier molecular flexibility index (Phi) is 6.59. The minimum atomic E-state index is -3.09. The summed E-state index contributed by atoms with van der Waals surface area (Å²) in [6.45, 7) is 6.26. The van der Waals surface area contributed by atoms with E-state index in [9.17, 15) is 18.0 Å². The SMILES string of the molecule is C=CCn1c(SCC(=O)N(CC)[C@H]2CCS(=O)(=O)C2)nc2scc(-c3ccco3)c2c1=O. The van der Waals surface area contributed by atoms with Crippen molar-refractivity contribution in [1.29, 1.82) is 0 Å². The van der Waals surface area contributed by atoms with E-state index >= 15 is 0 Å². The van der Waals surface area contributed by atoms with E-state index in [0.29, 0.717) is 39.7 Å². The third-order valence-corrected chi connectivity index (χ3v) is 8.98. The maximum atomic E-state index is 13.3. The lowest BCUT2D eigenvalue weighted by atomic mass is 10.2. The van der Waals surface area contributed by atoms with Gasteiger partial charge >= 0.3 is 0 Å². The third kappa shape index (κ3) is 4.41. The number of furan rings is 1. The number of carbonyl (C=O) groups excluding carboxylic acids is 1. The second-order valence-corrected chi connectivity index (χ2v) is 11.5. The third-order valence-electron chi connectivity index (χ3n) is 5.39.